The highest BCUT2D eigenvalue weighted by molar-refractivity contribution is 7.07. The fraction of sp³-hybridized carbons (Fsp3) is 0.129. The number of nitrogens with one attached hydrogen (secondary N) is 1. The fourth-order valence-electron chi connectivity index (χ4n) is 4.98. The third-order valence-corrected chi connectivity index (χ3v) is 7.99. The van der Waals surface area contributed by atoms with E-state index in [0.29, 0.717) is 37.7 Å². The minimum Gasteiger partial charge on any atom is -0.322 e. The molecule has 10 heteroatoms. The monoisotopic (exact) mass is 565 g/mol. The van der Waals surface area contributed by atoms with Gasteiger partial charge in [0.05, 0.1) is 33.2 Å². The first-order chi connectivity index (χ1) is 19.8. The minimum atomic E-state index is -0.854. The van der Waals surface area contributed by atoms with Gasteiger partial charge in [-0.05, 0) is 61.9 Å². The summed E-state index contributed by atoms with van der Waals surface area (Å²) < 4.78 is 15.6. The molecule has 0 aliphatic carbocycles. The molecule has 41 heavy (non-hydrogen) atoms. The zero-order valence-corrected chi connectivity index (χ0v) is 22.9. The lowest BCUT2D eigenvalue weighted by Crippen LogP contribution is -2.41. The van der Waals surface area contributed by atoms with Crippen LogP contribution >= 0.6 is 11.3 Å². The summed E-state index contributed by atoms with van der Waals surface area (Å²) in [4.78, 5) is 45.9. The summed E-state index contributed by atoms with van der Waals surface area (Å²) in [5.74, 6) is -1.86. The number of thiazole rings is 1. The maximum absolute atomic E-state index is 13.9. The van der Waals surface area contributed by atoms with E-state index in [1.165, 1.54) is 21.7 Å². The first-order valence-corrected chi connectivity index (χ1v) is 13.7. The summed E-state index contributed by atoms with van der Waals surface area (Å²) in [6.45, 7) is 3.46. The van der Waals surface area contributed by atoms with Crippen molar-refractivity contribution in [2.45, 2.75) is 19.9 Å². The number of halogens is 1. The van der Waals surface area contributed by atoms with E-state index in [0.717, 1.165) is 11.3 Å². The van der Waals surface area contributed by atoms with Gasteiger partial charge in [0.2, 0.25) is 0 Å². The number of hydrogen-bond acceptors (Lipinski definition) is 6. The number of carbonyl (C=O) groups is 2. The van der Waals surface area contributed by atoms with Crippen LogP contribution in [0.4, 0.5) is 15.8 Å². The van der Waals surface area contributed by atoms with Gasteiger partial charge in [-0.3, -0.25) is 19.0 Å². The number of hydrogen-bond donors (Lipinski definition) is 1. The fourth-order valence-corrected chi connectivity index (χ4v) is 6.04. The van der Waals surface area contributed by atoms with E-state index in [-0.39, 0.29) is 11.5 Å². The van der Waals surface area contributed by atoms with Gasteiger partial charge in [-0.1, -0.05) is 59.9 Å². The predicted octanol–water partition coefficient (Wildman–Crippen LogP) is 4.00. The van der Waals surface area contributed by atoms with Crippen molar-refractivity contribution < 1.29 is 14.0 Å². The van der Waals surface area contributed by atoms with E-state index in [1.807, 2.05) is 24.3 Å². The second-order valence-corrected chi connectivity index (χ2v) is 10.7. The molecule has 0 spiro atoms. The third kappa shape index (κ3) is 4.82. The lowest BCUT2D eigenvalue weighted by atomic mass is 9.95. The molecule has 8 nitrogen and oxygen atoms in total. The summed E-state index contributed by atoms with van der Waals surface area (Å²) in [6, 6.07) is 22.9. The van der Waals surface area contributed by atoms with E-state index in [4.69, 9.17) is 0 Å². The van der Waals surface area contributed by atoms with E-state index in [1.54, 1.807) is 68.5 Å². The van der Waals surface area contributed by atoms with Gasteiger partial charge in [-0.2, -0.15) is 10.1 Å². The van der Waals surface area contributed by atoms with Crippen molar-refractivity contribution in [2.75, 3.05) is 10.3 Å². The number of anilines is 2. The van der Waals surface area contributed by atoms with Crippen molar-refractivity contribution in [3.63, 3.8) is 0 Å². The predicted molar refractivity (Wildman–Crippen MR) is 157 cm³/mol. The van der Waals surface area contributed by atoms with Crippen molar-refractivity contribution in [1.29, 1.82) is 0 Å². The van der Waals surface area contributed by atoms with Crippen LogP contribution in [0.5, 0.6) is 0 Å². The second-order valence-electron chi connectivity index (χ2n) is 9.68. The molecule has 0 unspecified atom stereocenters. The smallest absolute Gasteiger partial charge is 0.270 e. The Labute approximate surface area is 238 Å². The zero-order chi connectivity index (χ0) is 28.7. The molecule has 4 aromatic rings. The average Bonchev–Trinajstić information content (AvgIpc) is 3.43. The Bertz CT molecular complexity index is 1910. The van der Waals surface area contributed by atoms with Gasteiger partial charge in [0, 0.05) is 5.69 Å². The van der Waals surface area contributed by atoms with Crippen LogP contribution in [0.1, 0.15) is 25.5 Å². The highest BCUT2D eigenvalue weighted by atomic mass is 32.1. The van der Waals surface area contributed by atoms with Crippen molar-refractivity contribution in [3.8, 4) is 0 Å². The Hall–Kier alpha value is -4.96. The summed E-state index contributed by atoms with van der Waals surface area (Å²) in [5.41, 5.74) is 2.63. The molecule has 2 aliphatic heterocycles. The molecule has 1 N–H and O–H groups in total. The van der Waals surface area contributed by atoms with E-state index in [9.17, 15) is 18.8 Å². The van der Waals surface area contributed by atoms with Crippen molar-refractivity contribution >= 4 is 46.3 Å². The molecule has 204 valence electrons. The number of rotatable bonds is 5. The number of fused-ring (bicyclic) bond motifs is 1. The van der Waals surface area contributed by atoms with Gasteiger partial charge in [0.1, 0.15) is 11.7 Å². The van der Waals surface area contributed by atoms with E-state index >= 15 is 0 Å². The van der Waals surface area contributed by atoms with Crippen LogP contribution in [-0.2, 0) is 9.59 Å². The van der Waals surface area contributed by atoms with Gasteiger partial charge >= 0.3 is 0 Å². The molecule has 0 fully saturated rings. The second kappa shape index (κ2) is 10.5. The van der Waals surface area contributed by atoms with Crippen LogP contribution in [0.25, 0.3) is 6.08 Å². The molecular weight excluding hydrogens is 541 g/mol. The normalized spacial score (nSPS) is 18.7. The maximum atomic E-state index is 13.9. The lowest BCUT2D eigenvalue weighted by molar-refractivity contribution is -0.118. The first kappa shape index (κ1) is 26.3. The number of para-hydroxylation sites is 2. The molecule has 0 radical (unpaired) electrons. The molecular formula is C31H24FN5O3S. The van der Waals surface area contributed by atoms with E-state index in [2.05, 4.69) is 15.4 Å². The molecule has 2 amide bonds. The first-order valence-electron chi connectivity index (χ1n) is 12.9. The number of nitrogens with zero attached hydrogens (tertiary/aromatic N) is 4. The highest BCUT2D eigenvalue weighted by Gasteiger charge is 2.35. The Morgan fingerprint density at radius 3 is 2.29 bits per heavy atom. The minimum absolute atomic E-state index is 0.268. The largest absolute Gasteiger partial charge is 0.322 e. The van der Waals surface area contributed by atoms with Crippen molar-refractivity contribution in [3.05, 3.63) is 127 Å². The maximum Gasteiger partial charge on any atom is 0.270 e. The summed E-state index contributed by atoms with van der Waals surface area (Å²) in [6.07, 6.45) is 1.61. The topological polar surface area (TPSA) is 96.1 Å². The molecule has 2 atom stereocenters. The average molecular weight is 566 g/mol. The zero-order valence-electron chi connectivity index (χ0n) is 22.1. The van der Waals surface area contributed by atoms with Crippen LogP contribution in [0.15, 0.2) is 111 Å². The number of benzene rings is 3. The molecule has 0 bridgehead atoms. The molecule has 3 heterocycles. The Morgan fingerprint density at radius 1 is 0.951 bits per heavy atom. The molecule has 6 rings (SSSR count). The van der Waals surface area contributed by atoms with Gasteiger partial charge in [-0.15, -0.1) is 0 Å². The number of allylic oxidation sites excluding steroid dienone is 1. The van der Waals surface area contributed by atoms with Crippen LogP contribution in [0.2, 0.25) is 0 Å². The summed E-state index contributed by atoms with van der Waals surface area (Å²) in [7, 11) is 0. The molecule has 3 aromatic carbocycles. The van der Waals surface area contributed by atoms with Crippen LogP contribution in [0, 0.1) is 11.7 Å². The number of aromatic nitrogens is 1. The standard InChI is InChI=1S/C31H24FN5O3S/c1-18-24(29(39)37(35-18)23-11-7-4-8-12-23)17-25-30(40)36-27(20-13-15-21(32)16-14-20)26(19(2)33-31(36)41-25)28(38)34-22-9-5-3-6-10-22/h3-17,24,27H,1-2H3,(H,34,38)/b25-17+/t24-,27+/m0/s1. The molecule has 0 saturated heterocycles. The molecule has 2 aliphatic rings. The van der Waals surface area contributed by atoms with Gasteiger partial charge in [-0.25, -0.2) is 9.38 Å². The number of amides is 2. The molecule has 1 aromatic heterocycles. The van der Waals surface area contributed by atoms with Crippen LogP contribution < -0.4 is 25.2 Å². The van der Waals surface area contributed by atoms with E-state index < -0.39 is 29.2 Å². The molecule has 0 saturated carbocycles. The summed E-state index contributed by atoms with van der Waals surface area (Å²) in [5, 5.41) is 8.65. The van der Waals surface area contributed by atoms with Crippen LogP contribution in [0.3, 0.4) is 0 Å². The summed E-state index contributed by atoms with van der Waals surface area (Å²) >= 11 is 1.14. The van der Waals surface area contributed by atoms with Gasteiger partial charge < -0.3 is 5.32 Å². The quantitative estimate of drug-likeness (QED) is 0.396. The van der Waals surface area contributed by atoms with Crippen molar-refractivity contribution in [2.24, 2.45) is 16.0 Å². The van der Waals surface area contributed by atoms with Gasteiger partial charge in [0.15, 0.2) is 4.80 Å². The Kier molecular flexibility index (Phi) is 6.76. The number of carbonyl (C=O) groups excluding carboxylic acids is 2. The third-order valence-electron chi connectivity index (χ3n) is 6.99. The van der Waals surface area contributed by atoms with Crippen LogP contribution in [-0.4, -0.2) is 22.1 Å². The lowest BCUT2D eigenvalue weighted by Gasteiger charge is -2.25. The Morgan fingerprint density at radius 2 is 1.61 bits per heavy atom. The SMILES string of the molecule is CC1=NN(c2ccccc2)C(=O)[C@H]1/C=c1/sc2n(c1=O)[C@H](c1ccc(F)cc1)C(C(=O)Nc1ccccc1)=C(C)N=2. The highest BCUT2D eigenvalue weighted by Crippen LogP contribution is 2.31. The van der Waals surface area contributed by atoms with Gasteiger partial charge in [0.25, 0.3) is 17.4 Å². The van der Waals surface area contributed by atoms with Crippen molar-refractivity contribution in [1.82, 2.24) is 4.57 Å². The number of hydrazone groups is 1. The Balaban J connectivity index is 1.44.